The van der Waals surface area contributed by atoms with E-state index in [2.05, 4.69) is 10.6 Å². The van der Waals surface area contributed by atoms with E-state index in [1.54, 1.807) is 17.1 Å². The molecule has 2 aromatic carbocycles. The van der Waals surface area contributed by atoms with Crippen molar-refractivity contribution < 1.29 is 33.8 Å². The molecule has 3 atom stereocenters. The number of carbonyl (C=O) groups is 4. The van der Waals surface area contributed by atoms with Crippen LogP contribution in [-0.4, -0.2) is 65.7 Å². The SMILES string of the molecule is CC(C)(C)[C@H]1COC(=O)[C@H](NC(=O)OCc2ccccc2)CC=CC[C@H](CC(=O)N(CCO)Cc2ccccc2)C(=O)N1. The molecule has 10 nitrogen and oxygen atoms in total. The maximum Gasteiger partial charge on any atom is 0.408 e. The standard InChI is InChI=1S/C33H43N3O7/c1-33(2,3)28-23-42-31(40)27(34-32(41)43-22-25-14-8-5-9-15-25)17-11-10-16-26(30(39)35-28)20-29(38)36(18-19-37)21-24-12-6-4-7-13-24/h4-15,26-28,37H,16-23H2,1-3H3,(H,34,41)(H,35,39)/t26-,27-,28-/m1/s1. The molecule has 1 aliphatic heterocycles. The quantitative estimate of drug-likeness (QED) is 0.298. The van der Waals surface area contributed by atoms with E-state index in [0.717, 1.165) is 11.1 Å². The molecule has 2 aromatic rings. The van der Waals surface area contributed by atoms with Gasteiger partial charge in [-0.15, -0.1) is 0 Å². The van der Waals surface area contributed by atoms with Crippen LogP contribution >= 0.6 is 0 Å². The van der Waals surface area contributed by atoms with E-state index in [-0.39, 0.29) is 57.4 Å². The number of esters is 1. The highest BCUT2D eigenvalue weighted by molar-refractivity contribution is 5.86. The molecule has 0 saturated heterocycles. The molecule has 0 aromatic heterocycles. The van der Waals surface area contributed by atoms with Gasteiger partial charge < -0.3 is 30.1 Å². The van der Waals surface area contributed by atoms with Gasteiger partial charge in [0.05, 0.1) is 18.6 Å². The van der Waals surface area contributed by atoms with Gasteiger partial charge in [0.1, 0.15) is 19.3 Å². The second-order valence-corrected chi connectivity index (χ2v) is 11.7. The van der Waals surface area contributed by atoms with Crippen molar-refractivity contribution in [3.05, 3.63) is 83.9 Å². The normalized spacial score (nSPS) is 19.7. The highest BCUT2D eigenvalue weighted by Gasteiger charge is 2.33. The van der Waals surface area contributed by atoms with Crippen LogP contribution < -0.4 is 10.6 Å². The lowest BCUT2D eigenvalue weighted by atomic mass is 9.86. The average Bonchev–Trinajstić information content (AvgIpc) is 2.98. The Kier molecular flexibility index (Phi) is 12.8. The Hall–Kier alpha value is -4.18. The van der Waals surface area contributed by atoms with E-state index in [0.29, 0.717) is 6.54 Å². The Morgan fingerprint density at radius 3 is 2.26 bits per heavy atom. The van der Waals surface area contributed by atoms with Gasteiger partial charge in [-0.05, 0) is 29.4 Å². The maximum absolute atomic E-state index is 13.5. The first-order valence-electron chi connectivity index (χ1n) is 14.6. The Bertz CT molecular complexity index is 1230. The third-order valence-electron chi connectivity index (χ3n) is 7.23. The molecule has 0 saturated carbocycles. The van der Waals surface area contributed by atoms with Crippen LogP contribution in [0.15, 0.2) is 72.8 Å². The number of carbonyl (C=O) groups excluding carboxylic acids is 4. The van der Waals surface area contributed by atoms with Crippen LogP contribution in [0.3, 0.4) is 0 Å². The summed E-state index contributed by atoms with van der Waals surface area (Å²) in [6, 6.07) is 17.1. The largest absolute Gasteiger partial charge is 0.462 e. The molecule has 3 N–H and O–H groups in total. The second-order valence-electron chi connectivity index (χ2n) is 11.7. The summed E-state index contributed by atoms with van der Waals surface area (Å²) >= 11 is 0. The third-order valence-corrected chi connectivity index (χ3v) is 7.23. The lowest BCUT2D eigenvalue weighted by Crippen LogP contribution is -2.51. The van der Waals surface area contributed by atoms with Crippen molar-refractivity contribution in [3.63, 3.8) is 0 Å². The maximum atomic E-state index is 13.5. The monoisotopic (exact) mass is 593 g/mol. The first kappa shape index (κ1) is 33.3. The third kappa shape index (κ3) is 11.2. The number of allylic oxidation sites excluding steroid dienone is 1. The van der Waals surface area contributed by atoms with Gasteiger partial charge in [-0.3, -0.25) is 9.59 Å². The molecule has 0 bridgehead atoms. The molecule has 3 rings (SSSR count). The predicted octanol–water partition coefficient (Wildman–Crippen LogP) is 3.73. The number of nitrogens with zero attached hydrogens (tertiary/aromatic N) is 1. The first-order valence-corrected chi connectivity index (χ1v) is 14.6. The Morgan fingerprint density at radius 1 is 1.00 bits per heavy atom. The molecular formula is C33H43N3O7. The summed E-state index contributed by atoms with van der Waals surface area (Å²) in [4.78, 5) is 53.9. The zero-order valence-corrected chi connectivity index (χ0v) is 25.2. The first-order chi connectivity index (χ1) is 20.6. The zero-order chi connectivity index (χ0) is 31.2. The van der Waals surface area contributed by atoms with Crippen LogP contribution in [-0.2, 0) is 37.0 Å². The van der Waals surface area contributed by atoms with Gasteiger partial charge in [-0.25, -0.2) is 9.59 Å². The number of benzene rings is 2. The van der Waals surface area contributed by atoms with Crippen LogP contribution in [0.4, 0.5) is 4.79 Å². The minimum atomic E-state index is -0.999. The van der Waals surface area contributed by atoms with Gasteiger partial charge in [0.15, 0.2) is 0 Å². The number of hydrogen-bond donors (Lipinski definition) is 3. The fraction of sp³-hybridized carbons (Fsp3) is 0.455. The number of hydrogen-bond acceptors (Lipinski definition) is 7. The molecule has 10 heteroatoms. The molecule has 0 radical (unpaired) electrons. The fourth-order valence-corrected chi connectivity index (χ4v) is 4.52. The minimum Gasteiger partial charge on any atom is -0.462 e. The van der Waals surface area contributed by atoms with Crippen molar-refractivity contribution in [2.75, 3.05) is 19.8 Å². The topological polar surface area (TPSA) is 134 Å². The zero-order valence-electron chi connectivity index (χ0n) is 25.2. The average molecular weight is 594 g/mol. The number of aliphatic hydroxyl groups is 1. The molecule has 1 aliphatic rings. The summed E-state index contributed by atoms with van der Waals surface area (Å²) in [5.41, 5.74) is 1.25. The number of nitrogens with one attached hydrogen (secondary N) is 2. The molecular weight excluding hydrogens is 550 g/mol. The predicted molar refractivity (Wildman–Crippen MR) is 161 cm³/mol. The summed E-state index contributed by atoms with van der Waals surface area (Å²) in [7, 11) is 0. The van der Waals surface area contributed by atoms with Crippen LogP contribution in [0.2, 0.25) is 0 Å². The van der Waals surface area contributed by atoms with E-state index >= 15 is 0 Å². The van der Waals surface area contributed by atoms with E-state index in [1.807, 2.05) is 81.4 Å². The summed E-state index contributed by atoms with van der Waals surface area (Å²) in [6.45, 7) is 5.95. The minimum absolute atomic E-state index is 0.0513. The van der Waals surface area contributed by atoms with Gasteiger partial charge in [0.2, 0.25) is 11.8 Å². The van der Waals surface area contributed by atoms with Crippen molar-refractivity contribution in [1.82, 2.24) is 15.5 Å². The van der Waals surface area contributed by atoms with E-state index < -0.39 is 35.5 Å². The highest BCUT2D eigenvalue weighted by Crippen LogP contribution is 2.23. The second kappa shape index (κ2) is 16.5. The highest BCUT2D eigenvalue weighted by atomic mass is 16.6. The van der Waals surface area contributed by atoms with Gasteiger partial charge in [0.25, 0.3) is 0 Å². The molecule has 3 amide bonds. The fourth-order valence-electron chi connectivity index (χ4n) is 4.52. The van der Waals surface area contributed by atoms with Crippen LogP contribution in [0.25, 0.3) is 0 Å². The molecule has 1 heterocycles. The van der Waals surface area contributed by atoms with Crippen molar-refractivity contribution >= 4 is 23.9 Å². The van der Waals surface area contributed by atoms with Crippen LogP contribution in [0.1, 0.15) is 51.2 Å². The van der Waals surface area contributed by atoms with E-state index in [4.69, 9.17) is 9.47 Å². The van der Waals surface area contributed by atoms with Crippen molar-refractivity contribution in [3.8, 4) is 0 Å². The number of amides is 3. The molecule has 232 valence electrons. The molecule has 0 unspecified atom stereocenters. The lowest BCUT2D eigenvalue weighted by molar-refractivity contribution is -0.148. The number of ether oxygens (including phenoxy) is 2. The van der Waals surface area contributed by atoms with Crippen molar-refractivity contribution in [1.29, 1.82) is 0 Å². The van der Waals surface area contributed by atoms with E-state index in [9.17, 15) is 24.3 Å². The van der Waals surface area contributed by atoms with Gasteiger partial charge in [-0.2, -0.15) is 0 Å². The number of aliphatic hydroxyl groups excluding tert-OH is 1. The Balaban J connectivity index is 1.73. The number of cyclic esters (lactones) is 1. The number of alkyl carbamates (subject to hydrolysis) is 1. The van der Waals surface area contributed by atoms with E-state index in [1.165, 1.54) is 0 Å². The van der Waals surface area contributed by atoms with Gasteiger partial charge >= 0.3 is 12.1 Å². The smallest absolute Gasteiger partial charge is 0.408 e. The molecule has 0 aliphatic carbocycles. The Labute approximate surface area is 253 Å². The summed E-state index contributed by atoms with van der Waals surface area (Å²) in [5, 5.41) is 15.2. The van der Waals surface area contributed by atoms with Crippen LogP contribution in [0.5, 0.6) is 0 Å². The summed E-state index contributed by atoms with van der Waals surface area (Å²) in [5.74, 6) is -1.91. The molecule has 0 spiro atoms. The van der Waals surface area contributed by atoms with Crippen molar-refractivity contribution in [2.45, 2.75) is 65.3 Å². The van der Waals surface area contributed by atoms with Gasteiger partial charge in [-0.1, -0.05) is 93.6 Å². The summed E-state index contributed by atoms with van der Waals surface area (Å²) < 4.78 is 10.9. The molecule has 43 heavy (non-hydrogen) atoms. The Morgan fingerprint density at radius 2 is 1.63 bits per heavy atom. The van der Waals surface area contributed by atoms with Crippen LogP contribution in [0, 0.1) is 11.3 Å². The number of rotatable bonds is 9. The van der Waals surface area contributed by atoms with Gasteiger partial charge in [0, 0.05) is 19.5 Å². The summed E-state index contributed by atoms with van der Waals surface area (Å²) in [6.07, 6.45) is 2.97. The lowest BCUT2D eigenvalue weighted by Gasteiger charge is -2.33. The van der Waals surface area contributed by atoms with Crippen molar-refractivity contribution in [2.24, 2.45) is 11.3 Å². The molecule has 0 fully saturated rings.